The summed E-state index contributed by atoms with van der Waals surface area (Å²) in [6.45, 7) is 5.10. The van der Waals surface area contributed by atoms with Crippen molar-refractivity contribution < 1.29 is 4.74 Å². The molecule has 0 amide bonds. The molecule has 0 radical (unpaired) electrons. The number of benzene rings is 1. The maximum atomic E-state index is 8.53. The molecule has 1 aromatic rings. The van der Waals surface area contributed by atoms with Gasteiger partial charge in [-0.3, -0.25) is 0 Å². The van der Waals surface area contributed by atoms with Crippen molar-refractivity contribution in [2.24, 2.45) is 0 Å². The molecule has 0 saturated heterocycles. The normalized spacial score (nSPS) is 10.1. The number of hydrogen-bond donors (Lipinski definition) is 0. The van der Waals surface area contributed by atoms with Gasteiger partial charge in [0.2, 0.25) is 0 Å². The van der Waals surface area contributed by atoms with Gasteiger partial charge in [-0.2, -0.15) is 17.0 Å². The van der Waals surface area contributed by atoms with Crippen molar-refractivity contribution in [1.29, 1.82) is 5.26 Å². The molecule has 0 aromatic heterocycles. The van der Waals surface area contributed by atoms with Gasteiger partial charge in [-0.25, -0.2) is 0 Å². The molecule has 0 aliphatic rings. The zero-order valence-corrected chi connectivity index (χ0v) is 10.6. The molecule has 0 N–H and O–H groups in total. The van der Waals surface area contributed by atoms with Gasteiger partial charge in [0.15, 0.2) is 0 Å². The summed E-state index contributed by atoms with van der Waals surface area (Å²) in [5.41, 5.74) is 1.03. The number of nitriles is 1. The predicted molar refractivity (Wildman–Crippen MR) is 68.8 cm³/mol. The van der Waals surface area contributed by atoms with E-state index in [1.807, 2.05) is 36.0 Å². The van der Waals surface area contributed by atoms with E-state index in [2.05, 4.69) is 19.9 Å². The van der Waals surface area contributed by atoms with Crippen molar-refractivity contribution in [3.05, 3.63) is 29.8 Å². The molecule has 16 heavy (non-hydrogen) atoms. The van der Waals surface area contributed by atoms with Gasteiger partial charge in [0, 0.05) is 5.75 Å². The molecule has 1 aromatic carbocycles. The minimum absolute atomic E-state index is 0.462. The Hall–Kier alpha value is -1.14. The summed E-state index contributed by atoms with van der Waals surface area (Å²) in [7, 11) is 0. The van der Waals surface area contributed by atoms with Crippen LogP contribution in [0.5, 0.6) is 5.75 Å². The van der Waals surface area contributed by atoms with Crippen molar-refractivity contribution in [3.63, 3.8) is 0 Å². The van der Waals surface area contributed by atoms with Gasteiger partial charge in [0.25, 0.3) is 0 Å². The van der Waals surface area contributed by atoms with Crippen LogP contribution in [0.2, 0.25) is 0 Å². The van der Waals surface area contributed by atoms with Gasteiger partial charge in [-0.05, 0) is 22.9 Å². The second kappa shape index (κ2) is 7.19. The van der Waals surface area contributed by atoms with E-state index in [1.165, 1.54) is 0 Å². The van der Waals surface area contributed by atoms with Crippen LogP contribution in [0, 0.1) is 11.3 Å². The van der Waals surface area contributed by atoms with Crippen molar-refractivity contribution in [1.82, 2.24) is 0 Å². The number of rotatable bonds is 6. The van der Waals surface area contributed by atoms with Gasteiger partial charge >= 0.3 is 0 Å². The Labute approximate surface area is 102 Å². The molecular formula is C13H17NOS. The first-order valence-electron chi connectivity index (χ1n) is 5.42. The van der Waals surface area contributed by atoms with Crippen LogP contribution in [0.1, 0.15) is 19.4 Å². The van der Waals surface area contributed by atoms with E-state index < -0.39 is 0 Å². The molecule has 1 rings (SSSR count). The fraction of sp³-hybridized carbons (Fsp3) is 0.462. The van der Waals surface area contributed by atoms with Crippen LogP contribution < -0.4 is 4.74 Å². The van der Waals surface area contributed by atoms with Crippen LogP contribution >= 0.6 is 11.8 Å². The van der Waals surface area contributed by atoms with Gasteiger partial charge in [0.1, 0.15) is 5.75 Å². The van der Waals surface area contributed by atoms with Gasteiger partial charge < -0.3 is 4.74 Å². The highest BCUT2D eigenvalue weighted by molar-refractivity contribution is 7.99. The first kappa shape index (κ1) is 12.9. The Kier molecular flexibility index (Phi) is 5.81. The highest BCUT2D eigenvalue weighted by atomic mass is 32.2. The molecule has 2 nitrogen and oxygen atoms in total. The largest absolute Gasteiger partial charge is 0.493 e. The molecule has 0 unspecified atom stereocenters. The van der Waals surface area contributed by atoms with Crippen molar-refractivity contribution in [2.45, 2.75) is 25.5 Å². The molecular weight excluding hydrogens is 218 g/mol. The van der Waals surface area contributed by atoms with Gasteiger partial charge in [-0.1, -0.05) is 26.0 Å². The summed E-state index contributed by atoms with van der Waals surface area (Å²) in [6.07, 6.45) is 0.462. The Morgan fingerprint density at radius 3 is 2.56 bits per heavy atom. The number of ether oxygens (including phenoxy) is 1. The minimum atomic E-state index is 0.462. The van der Waals surface area contributed by atoms with Crippen molar-refractivity contribution in [3.8, 4) is 11.8 Å². The average molecular weight is 235 g/mol. The summed E-state index contributed by atoms with van der Waals surface area (Å²) in [5, 5.41) is 9.18. The molecule has 0 aliphatic heterocycles. The van der Waals surface area contributed by atoms with Crippen LogP contribution in [-0.4, -0.2) is 17.6 Å². The quantitative estimate of drug-likeness (QED) is 0.709. The Bertz CT molecular complexity index is 340. The third-order valence-electron chi connectivity index (χ3n) is 2.01. The van der Waals surface area contributed by atoms with E-state index in [9.17, 15) is 0 Å². The van der Waals surface area contributed by atoms with E-state index in [4.69, 9.17) is 10.00 Å². The first-order valence-corrected chi connectivity index (χ1v) is 6.47. The van der Waals surface area contributed by atoms with Gasteiger partial charge in [-0.15, -0.1) is 0 Å². The van der Waals surface area contributed by atoms with E-state index >= 15 is 0 Å². The third kappa shape index (κ3) is 5.09. The summed E-state index contributed by atoms with van der Waals surface area (Å²) in [6, 6.07) is 9.85. The number of nitrogens with zero attached hydrogens (tertiary/aromatic N) is 1. The maximum Gasteiger partial charge on any atom is 0.119 e. The molecule has 0 atom stereocenters. The molecule has 0 heterocycles. The predicted octanol–water partition coefficient (Wildman–Crippen LogP) is 3.27. The summed E-state index contributed by atoms with van der Waals surface area (Å²) in [5.74, 6) is 1.89. The first-order chi connectivity index (χ1) is 7.72. The lowest BCUT2D eigenvalue weighted by molar-refractivity contribution is 0.344. The van der Waals surface area contributed by atoms with Crippen molar-refractivity contribution in [2.75, 3.05) is 12.4 Å². The second-order valence-corrected chi connectivity index (χ2v) is 5.43. The topological polar surface area (TPSA) is 33.0 Å². The lowest BCUT2D eigenvalue weighted by Gasteiger charge is -2.07. The van der Waals surface area contributed by atoms with E-state index in [1.54, 1.807) is 0 Å². The van der Waals surface area contributed by atoms with E-state index in [0.717, 1.165) is 23.7 Å². The molecule has 0 saturated carbocycles. The maximum absolute atomic E-state index is 8.53. The molecule has 0 spiro atoms. The Morgan fingerprint density at radius 1 is 1.31 bits per heavy atom. The number of hydrogen-bond acceptors (Lipinski definition) is 3. The Balaban J connectivity index is 2.30. The zero-order valence-electron chi connectivity index (χ0n) is 9.77. The van der Waals surface area contributed by atoms with Crippen molar-refractivity contribution >= 4 is 11.8 Å². The fourth-order valence-electron chi connectivity index (χ4n) is 1.24. The van der Waals surface area contributed by atoms with Crippen LogP contribution in [-0.2, 0) is 6.42 Å². The van der Waals surface area contributed by atoms with Crippen LogP contribution in [0.3, 0.4) is 0 Å². The average Bonchev–Trinajstić information content (AvgIpc) is 2.27. The van der Waals surface area contributed by atoms with Crippen LogP contribution in [0.15, 0.2) is 24.3 Å². The van der Waals surface area contributed by atoms with Crippen LogP contribution in [0.4, 0.5) is 0 Å². The highest BCUT2D eigenvalue weighted by Crippen LogP contribution is 2.14. The summed E-state index contributed by atoms with van der Waals surface area (Å²) in [4.78, 5) is 0. The highest BCUT2D eigenvalue weighted by Gasteiger charge is 1.97. The second-order valence-electron chi connectivity index (χ2n) is 3.75. The third-order valence-corrected chi connectivity index (χ3v) is 3.08. The zero-order chi connectivity index (χ0) is 11.8. The minimum Gasteiger partial charge on any atom is -0.493 e. The smallest absolute Gasteiger partial charge is 0.119 e. The van der Waals surface area contributed by atoms with E-state index in [-0.39, 0.29) is 0 Å². The lowest BCUT2D eigenvalue weighted by atomic mass is 10.2. The van der Waals surface area contributed by atoms with E-state index in [0.29, 0.717) is 11.7 Å². The molecule has 0 aliphatic carbocycles. The Morgan fingerprint density at radius 2 is 2.00 bits per heavy atom. The summed E-state index contributed by atoms with van der Waals surface area (Å²) < 4.78 is 5.59. The molecule has 86 valence electrons. The summed E-state index contributed by atoms with van der Waals surface area (Å²) >= 11 is 1.89. The fourth-order valence-corrected chi connectivity index (χ4v) is 1.89. The monoisotopic (exact) mass is 235 g/mol. The molecule has 3 heteroatoms. The standard InChI is InChI=1S/C13H17NOS/c1-11(2)16-10-9-15-13-5-3-12(4-6-13)7-8-14/h3-6,11H,7,9-10H2,1-2H3. The molecule has 0 bridgehead atoms. The SMILES string of the molecule is CC(C)SCCOc1ccc(CC#N)cc1. The number of thioether (sulfide) groups is 1. The van der Waals surface area contributed by atoms with Crippen LogP contribution in [0.25, 0.3) is 0 Å². The lowest BCUT2D eigenvalue weighted by Crippen LogP contribution is -2.02. The van der Waals surface area contributed by atoms with Gasteiger partial charge in [0.05, 0.1) is 19.1 Å². The molecule has 0 fully saturated rings.